The molecule has 0 saturated heterocycles. The molecule has 4 heterocycles. The molecule has 0 unspecified atom stereocenters. The highest BCUT2D eigenvalue weighted by Crippen LogP contribution is 2.22. The third-order valence-corrected chi connectivity index (χ3v) is 4.54. The van der Waals surface area contributed by atoms with Gasteiger partial charge in [0.2, 0.25) is 0 Å². The summed E-state index contributed by atoms with van der Waals surface area (Å²) >= 11 is 0. The lowest BCUT2D eigenvalue weighted by atomic mass is 10.1. The molecule has 1 aromatic carbocycles. The number of ether oxygens (including phenoxy) is 1. The molecule has 1 N–H and O–H groups in total. The SMILES string of the molecule is COc1ccc2ncc(C)n2c1.Cc1cccc(-c2cnc3cn[nH]c3c2)c1. The quantitative estimate of drug-likeness (QED) is 0.493. The second-order valence-electron chi connectivity index (χ2n) is 6.59. The highest BCUT2D eigenvalue weighted by Gasteiger charge is 2.02. The minimum atomic E-state index is 0.851. The molecule has 6 nitrogen and oxygen atoms in total. The Morgan fingerprint density at radius 1 is 0.929 bits per heavy atom. The molecule has 6 heteroatoms. The van der Waals surface area contributed by atoms with E-state index in [2.05, 4.69) is 57.4 Å². The number of hydrogen-bond donors (Lipinski definition) is 1. The fourth-order valence-electron chi connectivity index (χ4n) is 3.02. The first-order valence-electron chi connectivity index (χ1n) is 8.98. The van der Waals surface area contributed by atoms with Crippen molar-refractivity contribution in [2.24, 2.45) is 0 Å². The van der Waals surface area contributed by atoms with E-state index in [1.165, 1.54) is 11.1 Å². The van der Waals surface area contributed by atoms with Gasteiger partial charge in [0.25, 0.3) is 0 Å². The number of H-pyrrole nitrogens is 1. The van der Waals surface area contributed by atoms with Gasteiger partial charge in [-0.3, -0.25) is 10.1 Å². The van der Waals surface area contributed by atoms with Crippen molar-refractivity contribution in [1.29, 1.82) is 0 Å². The number of pyridine rings is 2. The lowest BCUT2D eigenvalue weighted by molar-refractivity contribution is 0.412. The monoisotopic (exact) mass is 371 g/mol. The van der Waals surface area contributed by atoms with Gasteiger partial charge in [0.1, 0.15) is 16.9 Å². The van der Waals surface area contributed by atoms with Crippen LogP contribution in [0.1, 0.15) is 11.3 Å². The summed E-state index contributed by atoms with van der Waals surface area (Å²) < 4.78 is 7.10. The minimum Gasteiger partial charge on any atom is -0.495 e. The first kappa shape index (κ1) is 17.7. The fourth-order valence-corrected chi connectivity index (χ4v) is 3.02. The van der Waals surface area contributed by atoms with Gasteiger partial charge in [0.05, 0.1) is 25.0 Å². The number of methoxy groups -OCH3 is 1. The predicted molar refractivity (Wildman–Crippen MR) is 111 cm³/mol. The van der Waals surface area contributed by atoms with Crippen molar-refractivity contribution in [3.8, 4) is 16.9 Å². The Kier molecular flexibility index (Phi) is 4.76. The van der Waals surface area contributed by atoms with Crippen molar-refractivity contribution in [2.75, 3.05) is 7.11 Å². The van der Waals surface area contributed by atoms with E-state index in [0.717, 1.165) is 33.7 Å². The molecule has 0 aliphatic rings. The summed E-state index contributed by atoms with van der Waals surface area (Å²) in [5.74, 6) is 0.851. The Bertz CT molecular complexity index is 1240. The molecule has 0 fully saturated rings. The van der Waals surface area contributed by atoms with Crippen LogP contribution in [-0.2, 0) is 0 Å². The minimum absolute atomic E-state index is 0.851. The van der Waals surface area contributed by atoms with Gasteiger partial charge in [-0.25, -0.2) is 4.98 Å². The highest BCUT2D eigenvalue weighted by molar-refractivity contribution is 5.79. The van der Waals surface area contributed by atoms with Crippen LogP contribution in [0.3, 0.4) is 0 Å². The van der Waals surface area contributed by atoms with Crippen LogP contribution in [0.5, 0.6) is 5.75 Å². The van der Waals surface area contributed by atoms with Gasteiger partial charge in [0, 0.05) is 23.7 Å². The Morgan fingerprint density at radius 3 is 2.64 bits per heavy atom. The number of benzene rings is 1. The molecule has 0 spiro atoms. The maximum atomic E-state index is 5.10. The van der Waals surface area contributed by atoms with E-state index >= 15 is 0 Å². The Hall–Kier alpha value is -3.67. The van der Waals surface area contributed by atoms with Gasteiger partial charge in [-0.05, 0) is 37.6 Å². The largest absolute Gasteiger partial charge is 0.495 e. The summed E-state index contributed by atoms with van der Waals surface area (Å²) in [6, 6.07) is 14.3. The topological polar surface area (TPSA) is 68.1 Å². The third-order valence-electron chi connectivity index (χ3n) is 4.54. The van der Waals surface area contributed by atoms with E-state index in [1.807, 2.05) is 42.0 Å². The Morgan fingerprint density at radius 2 is 1.82 bits per heavy atom. The molecule has 5 rings (SSSR count). The lowest BCUT2D eigenvalue weighted by Gasteiger charge is -2.02. The van der Waals surface area contributed by atoms with Crippen molar-refractivity contribution in [1.82, 2.24) is 24.6 Å². The van der Waals surface area contributed by atoms with E-state index in [1.54, 1.807) is 13.3 Å². The smallest absolute Gasteiger partial charge is 0.137 e. The summed E-state index contributed by atoms with van der Waals surface area (Å²) in [6.45, 7) is 4.10. The Balaban J connectivity index is 0.000000143. The van der Waals surface area contributed by atoms with Crippen LogP contribution in [0, 0.1) is 13.8 Å². The number of nitrogens with zero attached hydrogens (tertiary/aromatic N) is 4. The maximum absolute atomic E-state index is 5.10. The van der Waals surface area contributed by atoms with Crippen LogP contribution in [0.2, 0.25) is 0 Å². The zero-order chi connectivity index (χ0) is 19.5. The number of aryl methyl sites for hydroxylation is 2. The third kappa shape index (κ3) is 3.57. The molecule has 28 heavy (non-hydrogen) atoms. The average Bonchev–Trinajstić information content (AvgIpc) is 3.34. The number of fused-ring (bicyclic) bond motifs is 2. The summed E-state index contributed by atoms with van der Waals surface area (Å²) in [7, 11) is 1.66. The van der Waals surface area contributed by atoms with Crippen molar-refractivity contribution in [3.05, 3.63) is 78.5 Å². The van der Waals surface area contributed by atoms with Crippen LogP contribution >= 0.6 is 0 Å². The molecule has 0 amide bonds. The zero-order valence-corrected chi connectivity index (χ0v) is 16.0. The first-order valence-corrected chi connectivity index (χ1v) is 8.98. The summed E-state index contributed by atoms with van der Waals surface area (Å²) in [4.78, 5) is 8.55. The first-order chi connectivity index (χ1) is 13.6. The van der Waals surface area contributed by atoms with Crippen molar-refractivity contribution in [2.45, 2.75) is 13.8 Å². The number of hydrogen-bond acceptors (Lipinski definition) is 4. The molecule has 0 atom stereocenters. The van der Waals surface area contributed by atoms with Gasteiger partial charge < -0.3 is 9.14 Å². The van der Waals surface area contributed by atoms with Gasteiger partial charge in [-0.1, -0.05) is 29.8 Å². The maximum Gasteiger partial charge on any atom is 0.137 e. The van der Waals surface area contributed by atoms with E-state index in [0.29, 0.717) is 0 Å². The van der Waals surface area contributed by atoms with Crippen molar-refractivity contribution < 1.29 is 4.74 Å². The zero-order valence-electron chi connectivity index (χ0n) is 16.0. The molecule has 0 aliphatic heterocycles. The number of imidazole rings is 1. The summed E-state index contributed by atoms with van der Waals surface area (Å²) in [5.41, 5.74) is 7.49. The van der Waals surface area contributed by atoms with Crippen LogP contribution in [0.15, 0.2) is 67.3 Å². The van der Waals surface area contributed by atoms with E-state index < -0.39 is 0 Å². The van der Waals surface area contributed by atoms with Crippen LogP contribution in [-0.4, -0.2) is 31.7 Å². The molecule has 0 aliphatic carbocycles. The lowest BCUT2D eigenvalue weighted by Crippen LogP contribution is -1.89. The van der Waals surface area contributed by atoms with E-state index in [4.69, 9.17) is 4.74 Å². The normalized spacial score (nSPS) is 10.7. The highest BCUT2D eigenvalue weighted by atomic mass is 16.5. The Labute approximate surface area is 162 Å². The van der Waals surface area contributed by atoms with E-state index in [9.17, 15) is 0 Å². The van der Waals surface area contributed by atoms with Gasteiger partial charge in [-0.2, -0.15) is 5.10 Å². The van der Waals surface area contributed by atoms with Crippen LogP contribution in [0.4, 0.5) is 0 Å². The van der Waals surface area contributed by atoms with Crippen LogP contribution in [0.25, 0.3) is 27.8 Å². The average molecular weight is 371 g/mol. The molecular formula is C22H21N5O. The number of nitrogens with one attached hydrogen (secondary N) is 1. The van der Waals surface area contributed by atoms with Crippen molar-refractivity contribution >= 4 is 16.7 Å². The summed E-state index contributed by atoms with van der Waals surface area (Å²) in [5, 5.41) is 6.90. The molecular weight excluding hydrogens is 350 g/mol. The number of aromatic amines is 1. The van der Waals surface area contributed by atoms with Gasteiger partial charge >= 0.3 is 0 Å². The molecule has 140 valence electrons. The van der Waals surface area contributed by atoms with Crippen LogP contribution < -0.4 is 4.74 Å². The van der Waals surface area contributed by atoms with Gasteiger partial charge in [-0.15, -0.1) is 0 Å². The molecule has 0 saturated carbocycles. The molecule has 4 aromatic heterocycles. The number of rotatable bonds is 2. The standard InChI is InChI=1S/C13H11N3.C9H10N2O/c1-9-3-2-4-10(5-9)11-6-12-13(14-7-11)8-15-16-12;1-7-5-10-9-4-3-8(12-2)6-11(7)9/h2-8H,1H3,(H,15,16);3-6H,1-2H3. The molecule has 5 aromatic rings. The fraction of sp³-hybridized carbons (Fsp3) is 0.136. The summed E-state index contributed by atoms with van der Waals surface area (Å²) in [6.07, 6.45) is 7.38. The van der Waals surface area contributed by atoms with E-state index in [-0.39, 0.29) is 0 Å². The second kappa shape index (κ2) is 7.52. The predicted octanol–water partition coefficient (Wildman–Crippen LogP) is 4.58. The number of aromatic nitrogens is 5. The van der Waals surface area contributed by atoms with Gasteiger partial charge in [0.15, 0.2) is 0 Å². The second-order valence-corrected chi connectivity index (χ2v) is 6.59. The molecule has 0 radical (unpaired) electrons. The molecule has 0 bridgehead atoms. The van der Waals surface area contributed by atoms with Crippen molar-refractivity contribution in [3.63, 3.8) is 0 Å².